The van der Waals surface area contributed by atoms with Crippen LogP contribution in [-0.2, 0) is 0 Å². The summed E-state index contributed by atoms with van der Waals surface area (Å²) in [5.74, 6) is 0.344. The van der Waals surface area contributed by atoms with Crippen molar-refractivity contribution >= 4 is 29.1 Å². The van der Waals surface area contributed by atoms with Gasteiger partial charge in [0.05, 0.1) is 22.6 Å². The number of rotatable bonds is 4. The molecule has 0 amide bonds. The van der Waals surface area contributed by atoms with E-state index in [1.54, 1.807) is 32.3 Å². The molecule has 0 fully saturated rings. The minimum Gasteiger partial charge on any atom is -0.373 e. The molecular weight excluding hydrogens is 333 g/mol. The number of hydrogen-bond acceptors (Lipinski definition) is 6. The van der Waals surface area contributed by atoms with E-state index in [1.807, 2.05) is 6.92 Å². The monoisotopic (exact) mass is 347 g/mol. The van der Waals surface area contributed by atoms with E-state index in [0.717, 1.165) is 5.69 Å². The van der Waals surface area contributed by atoms with Gasteiger partial charge in [0.25, 0.3) is 0 Å². The Balaban J connectivity index is 2.02. The summed E-state index contributed by atoms with van der Waals surface area (Å²) in [6.07, 6.45) is 1.59. The molecule has 0 spiro atoms. The predicted octanol–water partition coefficient (Wildman–Crippen LogP) is 3.25. The van der Waals surface area contributed by atoms with Crippen LogP contribution < -0.4 is 10.6 Å². The van der Waals surface area contributed by atoms with Crippen molar-refractivity contribution in [3.63, 3.8) is 0 Å². The molecule has 2 N–H and O–H groups in total. The molecule has 0 aliphatic carbocycles. The van der Waals surface area contributed by atoms with Crippen LogP contribution in [0, 0.1) is 19.7 Å². The number of aryl methyl sites for hydroxylation is 2. The molecule has 0 atom stereocenters. The molecule has 2 heterocycles. The average Bonchev–Trinajstić information content (AvgIpc) is 2.96. The summed E-state index contributed by atoms with van der Waals surface area (Å²) in [4.78, 5) is 8.50. The van der Waals surface area contributed by atoms with Crippen LogP contribution in [0.25, 0.3) is 5.69 Å². The predicted molar refractivity (Wildman–Crippen MR) is 90.7 cm³/mol. The molecule has 124 valence electrons. The Hall–Kier alpha value is -2.74. The van der Waals surface area contributed by atoms with Gasteiger partial charge < -0.3 is 10.6 Å². The summed E-state index contributed by atoms with van der Waals surface area (Å²) < 4.78 is 16.2. The molecule has 0 aliphatic rings. The Morgan fingerprint density at radius 1 is 1.17 bits per heavy atom. The highest BCUT2D eigenvalue weighted by molar-refractivity contribution is 6.32. The third kappa shape index (κ3) is 3.13. The molecule has 0 saturated carbocycles. The number of anilines is 3. The van der Waals surface area contributed by atoms with Crippen LogP contribution in [0.15, 0.2) is 24.4 Å². The van der Waals surface area contributed by atoms with Crippen LogP contribution in [0.5, 0.6) is 0 Å². The maximum atomic E-state index is 14.9. The second-order valence-electron chi connectivity index (χ2n) is 5.16. The molecule has 0 radical (unpaired) electrons. The number of aromatic nitrogens is 5. The molecule has 9 heteroatoms. The normalized spacial score (nSPS) is 10.7. The summed E-state index contributed by atoms with van der Waals surface area (Å²) >= 11 is 6.12. The van der Waals surface area contributed by atoms with E-state index in [9.17, 15) is 4.39 Å². The summed E-state index contributed by atoms with van der Waals surface area (Å²) in [6, 6.07) is 4.89. The highest BCUT2D eigenvalue weighted by atomic mass is 35.5. The fraction of sp³-hybridized carbons (Fsp3) is 0.200. The summed E-state index contributed by atoms with van der Waals surface area (Å²) in [5.41, 5.74) is 1.71. The number of nitrogens with zero attached hydrogens (tertiary/aromatic N) is 5. The lowest BCUT2D eigenvalue weighted by molar-refractivity contribution is 0.611. The first-order chi connectivity index (χ1) is 11.5. The molecule has 2 aromatic heterocycles. The zero-order valence-corrected chi connectivity index (χ0v) is 14.1. The van der Waals surface area contributed by atoms with Crippen molar-refractivity contribution < 1.29 is 4.39 Å². The SMILES string of the molecule is CNc1cc(C)nc(Nc2ccc(Cl)c(-n3cc(C)nn3)c2F)n1. The van der Waals surface area contributed by atoms with Gasteiger partial charge in [-0.15, -0.1) is 5.10 Å². The van der Waals surface area contributed by atoms with Gasteiger partial charge in [0, 0.05) is 18.8 Å². The zero-order chi connectivity index (χ0) is 17.3. The van der Waals surface area contributed by atoms with Crippen LogP contribution in [0.4, 0.5) is 21.8 Å². The van der Waals surface area contributed by atoms with Crippen molar-refractivity contribution in [3.05, 3.63) is 46.6 Å². The van der Waals surface area contributed by atoms with E-state index >= 15 is 0 Å². The van der Waals surface area contributed by atoms with Crippen LogP contribution in [-0.4, -0.2) is 32.0 Å². The summed E-state index contributed by atoms with van der Waals surface area (Å²) in [7, 11) is 1.75. The minimum atomic E-state index is -0.566. The topological polar surface area (TPSA) is 80.5 Å². The Kier molecular flexibility index (Phi) is 4.30. The van der Waals surface area contributed by atoms with Crippen molar-refractivity contribution in [3.8, 4) is 5.69 Å². The largest absolute Gasteiger partial charge is 0.373 e. The summed E-state index contributed by atoms with van der Waals surface area (Å²) in [6.45, 7) is 3.59. The smallest absolute Gasteiger partial charge is 0.229 e. The first-order valence-electron chi connectivity index (χ1n) is 7.15. The fourth-order valence-corrected chi connectivity index (χ4v) is 2.41. The van der Waals surface area contributed by atoms with Gasteiger partial charge in [-0.05, 0) is 26.0 Å². The number of benzene rings is 1. The van der Waals surface area contributed by atoms with Crippen molar-refractivity contribution in [1.82, 2.24) is 25.0 Å². The third-order valence-corrected chi connectivity index (χ3v) is 3.57. The van der Waals surface area contributed by atoms with E-state index in [2.05, 4.69) is 30.9 Å². The number of nitrogens with one attached hydrogen (secondary N) is 2. The second kappa shape index (κ2) is 6.40. The highest BCUT2D eigenvalue weighted by Gasteiger charge is 2.16. The number of halogens is 2. The van der Waals surface area contributed by atoms with Crippen molar-refractivity contribution in [2.45, 2.75) is 13.8 Å². The Bertz CT molecular complexity index is 894. The molecule has 0 bridgehead atoms. The third-order valence-electron chi connectivity index (χ3n) is 3.26. The molecular formula is C15H15ClFN7. The Morgan fingerprint density at radius 3 is 2.62 bits per heavy atom. The van der Waals surface area contributed by atoms with E-state index in [0.29, 0.717) is 11.5 Å². The molecule has 24 heavy (non-hydrogen) atoms. The van der Waals surface area contributed by atoms with Gasteiger partial charge >= 0.3 is 0 Å². The summed E-state index contributed by atoms with van der Waals surface area (Å²) in [5, 5.41) is 13.8. The van der Waals surface area contributed by atoms with Gasteiger partial charge in [0.2, 0.25) is 5.95 Å². The van der Waals surface area contributed by atoms with Gasteiger partial charge in [-0.1, -0.05) is 16.8 Å². The van der Waals surface area contributed by atoms with Crippen molar-refractivity contribution in [1.29, 1.82) is 0 Å². The standard InChI is InChI=1S/C15H15ClFN7/c1-8-6-12(18-3)21-15(19-8)20-11-5-4-10(16)14(13(11)17)24-7-9(2)22-23-24/h4-7H,1-3H3,(H2,18,19,20,21). The fourth-order valence-electron chi connectivity index (χ4n) is 2.18. The van der Waals surface area contributed by atoms with Crippen molar-refractivity contribution in [2.75, 3.05) is 17.7 Å². The Morgan fingerprint density at radius 2 is 1.96 bits per heavy atom. The maximum absolute atomic E-state index is 14.9. The van der Waals surface area contributed by atoms with Gasteiger partial charge in [-0.3, -0.25) is 0 Å². The molecule has 3 rings (SSSR count). The highest BCUT2D eigenvalue weighted by Crippen LogP contribution is 2.30. The lowest BCUT2D eigenvalue weighted by Crippen LogP contribution is -2.06. The van der Waals surface area contributed by atoms with Crippen LogP contribution in [0.1, 0.15) is 11.4 Å². The van der Waals surface area contributed by atoms with Crippen LogP contribution >= 0.6 is 11.6 Å². The van der Waals surface area contributed by atoms with Crippen molar-refractivity contribution in [2.24, 2.45) is 0 Å². The Labute approximate surface area is 142 Å². The van der Waals surface area contributed by atoms with E-state index < -0.39 is 5.82 Å². The van der Waals surface area contributed by atoms with Gasteiger partial charge in [0.15, 0.2) is 5.82 Å². The first kappa shape index (κ1) is 16.1. The molecule has 0 saturated heterocycles. The maximum Gasteiger partial charge on any atom is 0.229 e. The van der Waals surface area contributed by atoms with E-state index in [4.69, 9.17) is 11.6 Å². The van der Waals surface area contributed by atoms with Gasteiger partial charge in [-0.2, -0.15) is 4.98 Å². The molecule has 3 aromatic rings. The van der Waals surface area contributed by atoms with Crippen LogP contribution in [0.2, 0.25) is 5.02 Å². The lowest BCUT2D eigenvalue weighted by Gasteiger charge is -2.12. The second-order valence-corrected chi connectivity index (χ2v) is 5.56. The zero-order valence-electron chi connectivity index (χ0n) is 13.3. The molecule has 0 aliphatic heterocycles. The van der Waals surface area contributed by atoms with Gasteiger partial charge in [0.1, 0.15) is 11.5 Å². The lowest BCUT2D eigenvalue weighted by atomic mass is 10.2. The van der Waals surface area contributed by atoms with Crippen LogP contribution in [0.3, 0.4) is 0 Å². The van der Waals surface area contributed by atoms with Gasteiger partial charge in [-0.25, -0.2) is 14.1 Å². The quantitative estimate of drug-likeness (QED) is 0.754. The molecule has 0 unspecified atom stereocenters. The minimum absolute atomic E-state index is 0.115. The van der Waals surface area contributed by atoms with E-state index in [1.165, 1.54) is 10.7 Å². The number of hydrogen-bond donors (Lipinski definition) is 2. The average molecular weight is 348 g/mol. The first-order valence-corrected chi connectivity index (χ1v) is 7.53. The van der Waals surface area contributed by atoms with E-state index in [-0.39, 0.29) is 22.3 Å². The molecule has 7 nitrogen and oxygen atoms in total. The molecule has 1 aromatic carbocycles.